The second-order valence-corrected chi connectivity index (χ2v) is 5.63. The largest absolute Gasteiger partial charge is 0.497 e. The Kier molecular flexibility index (Phi) is 7.20. The zero-order valence-corrected chi connectivity index (χ0v) is 15.2. The highest BCUT2D eigenvalue weighted by Crippen LogP contribution is 2.29. The molecule has 3 N–H and O–H groups in total. The minimum atomic E-state index is -1.20. The zero-order chi connectivity index (χ0) is 17.7. The molecule has 4 amide bonds. The van der Waals surface area contributed by atoms with E-state index in [9.17, 15) is 14.4 Å². The Morgan fingerprint density at radius 3 is 2.44 bits per heavy atom. The molecule has 1 aromatic rings. The first-order valence-corrected chi connectivity index (χ1v) is 7.62. The molecule has 1 atom stereocenters. The molecule has 9 heteroatoms. The van der Waals surface area contributed by atoms with Crippen LogP contribution in [0.2, 0.25) is 0 Å². The van der Waals surface area contributed by atoms with E-state index >= 15 is 0 Å². The summed E-state index contributed by atoms with van der Waals surface area (Å²) in [5.74, 6) is -0.186. The normalized spacial score (nSPS) is 19.2. The fourth-order valence-electron chi connectivity index (χ4n) is 2.49. The van der Waals surface area contributed by atoms with Gasteiger partial charge in [0.25, 0.3) is 5.91 Å². The Balaban J connectivity index is 0.00000312. The molecule has 0 radical (unpaired) electrons. The molecule has 138 valence electrons. The third-order valence-electron chi connectivity index (χ3n) is 3.94. The average molecular weight is 371 g/mol. The van der Waals surface area contributed by atoms with E-state index in [1.54, 1.807) is 45.3 Å². The van der Waals surface area contributed by atoms with Gasteiger partial charge in [-0.3, -0.25) is 14.5 Å². The summed E-state index contributed by atoms with van der Waals surface area (Å²) in [7, 11) is 3.32. The second-order valence-electron chi connectivity index (χ2n) is 5.63. The van der Waals surface area contributed by atoms with Crippen molar-refractivity contribution in [1.82, 2.24) is 20.9 Å². The number of carbonyl (C=O) groups excluding carboxylic acids is 3. The Hall–Kier alpha value is -2.32. The van der Waals surface area contributed by atoms with Crippen LogP contribution in [-0.2, 0) is 15.1 Å². The zero-order valence-electron chi connectivity index (χ0n) is 14.4. The van der Waals surface area contributed by atoms with E-state index in [1.165, 1.54) is 0 Å². The van der Waals surface area contributed by atoms with Crippen LogP contribution in [0.15, 0.2) is 24.3 Å². The van der Waals surface area contributed by atoms with Gasteiger partial charge in [-0.15, -0.1) is 12.4 Å². The summed E-state index contributed by atoms with van der Waals surface area (Å²) >= 11 is 0. The molecule has 2 rings (SSSR count). The Morgan fingerprint density at radius 1 is 1.24 bits per heavy atom. The van der Waals surface area contributed by atoms with Crippen molar-refractivity contribution in [3.63, 3.8) is 0 Å². The number of methoxy groups -OCH3 is 1. The molecular formula is C16H23ClN4O4. The van der Waals surface area contributed by atoms with Crippen LogP contribution < -0.4 is 20.7 Å². The van der Waals surface area contributed by atoms with Gasteiger partial charge in [0.15, 0.2) is 0 Å². The van der Waals surface area contributed by atoms with Gasteiger partial charge in [-0.1, -0.05) is 12.1 Å². The molecule has 0 bridgehead atoms. The number of ether oxygens (including phenoxy) is 1. The molecule has 1 heterocycles. The summed E-state index contributed by atoms with van der Waals surface area (Å²) < 4.78 is 5.09. The highest BCUT2D eigenvalue weighted by atomic mass is 35.5. The van der Waals surface area contributed by atoms with Crippen LogP contribution in [0.4, 0.5) is 4.79 Å². The van der Waals surface area contributed by atoms with Gasteiger partial charge in [-0.05, 0) is 31.7 Å². The van der Waals surface area contributed by atoms with Gasteiger partial charge >= 0.3 is 6.03 Å². The van der Waals surface area contributed by atoms with Gasteiger partial charge in [0.1, 0.15) is 17.8 Å². The van der Waals surface area contributed by atoms with Crippen LogP contribution in [0.25, 0.3) is 0 Å². The summed E-state index contributed by atoms with van der Waals surface area (Å²) in [6.45, 7) is 2.35. The smallest absolute Gasteiger partial charge is 0.325 e. The molecule has 1 aromatic carbocycles. The Morgan fingerprint density at radius 2 is 1.88 bits per heavy atom. The number of benzene rings is 1. The molecule has 1 aliphatic rings. The number of hydrogen-bond acceptors (Lipinski definition) is 5. The van der Waals surface area contributed by atoms with Crippen LogP contribution in [0, 0.1) is 0 Å². The fourth-order valence-corrected chi connectivity index (χ4v) is 2.49. The molecule has 0 aromatic heterocycles. The number of halogens is 1. The number of rotatable bonds is 7. The van der Waals surface area contributed by atoms with Gasteiger partial charge in [-0.25, -0.2) is 4.79 Å². The third kappa shape index (κ3) is 4.40. The summed E-state index contributed by atoms with van der Waals surface area (Å²) in [6.07, 6.45) is 0. The number of imide groups is 1. The predicted octanol–water partition coefficient (Wildman–Crippen LogP) is 0.220. The Labute approximate surface area is 152 Å². The SMILES string of the molecule is CNCCNC(=O)CN1C(=O)NC(C)(c2ccc(OC)cc2)C1=O.Cl. The van der Waals surface area contributed by atoms with Crippen molar-refractivity contribution in [2.75, 3.05) is 33.8 Å². The molecule has 0 spiro atoms. The van der Waals surface area contributed by atoms with Gasteiger partial charge in [0.2, 0.25) is 5.91 Å². The molecule has 0 saturated carbocycles. The maximum Gasteiger partial charge on any atom is 0.325 e. The number of amides is 4. The van der Waals surface area contributed by atoms with E-state index in [1.807, 2.05) is 0 Å². The molecular weight excluding hydrogens is 348 g/mol. The quantitative estimate of drug-likeness (QED) is 0.471. The number of nitrogens with one attached hydrogen (secondary N) is 3. The summed E-state index contributed by atoms with van der Waals surface area (Å²) in [4.78, 5) is 37.6. The molecule has 1 fully saturated rings. The number of hydrogen-bond donors (Lipinski definition) is 3. The van der Waals surface area contributed by atoms with Crippen molar-refractivity contribution in [2.24, 2.45) is 0 Å². The maximum atomic E-state index is 12.7. The topological polar surface area (TPSA) is 99.8 Å². The van der Waals surface area contributed by atoms with E-state index in [0.29, 0.717) is 24.4 Å². The third-order valence-corrected chi connectivity index (χ3v) is 3.94. The van der Waals surface area contributed by atoms with Gasteiger partial charge in [0, 0.05) is 13.1 Å². The van der Waals surface area contributed by atoms with E-state index in [4.69, 9.17) is 4.74 Å². The number of urea groups is 1. The molecule has 1 unspecified atom stereocenters. The first kappa shape index (κ1) is 20.7. The van der Waals surface area contributed by atoms with Crippen LogP contribution in [0.3, 0.4) is 0 Å². The highest BCUT2D eigenvalue weighted by molar-refractivity contribution is 6.09. The molecule has 1 saturated heterocycles. The van der Waals surface area contributed by atoms with Crippen molar-refractivity contribution < 1.29 is 19.1 Å². The van der Waals surface area contributed by atoms with Crippen molar-refractivity contribution in [3.8, 4) is 5.75 Å². The summed E-state index contributed by atoms with van der Waals surface area (Å²) in [6, 6.07) is 6.28. The molecule has 25 heavy (non-hydrogen) atoms. The minimum absolute atomic E-state index is 0. The Bertz CT molecular complexity index is 638. The van der Waals surface area contributed by atoms with Crippen molar-refractivity contribution in [1.29, 1.82) is 0 Å². The number of carbonyl (C=O) groups is 3. The lowest BCUT2D eigenvalue weighted by Crippen LogP contribution is -2.44. The number of nitrogens with zero attached hydrogens (tertiary/aromatic N) is 1. The number of likely N-dealkylation sites (N-methyl/N-ethyl adjacent to an activating group) is 1. The van der Waals surface area contributed by atoms with Crippen molar-refractivity contribution >= 4 is 30.3 Å². The summed E-state index contributed by atoms with van der Waals surface area (Å²) in [5.41, 5.74) is -0.575. The first-order chi connectivity index (χ1) is 11.4. The van der Waals surface area contributed by atoms with E-state index in [0.717, 1.165) is 4.90 Å². The van der Waals surface area contributed by atoms with Crippen molar-refractivity contribution in [3.05, 3.63) is 29.8 Å². The van der Waals surface area contributed by atoms with Crippen LogP contribution in [0.5, 0.6) is 5.75 Å². The lowest BCUT2D eigenvalue weighted by molar-refractivity contribution is -0.134. The minimum Gasteiger partial charge on any atom is -0.497 e. The van der Waals surface area contributed by atoms with Crippen LogP contribution in [-0.4, -0.2) is 56.5 Å². The fraction of sp³-hybridized carbons (Fsp3) is 0.438. The lowest BCUT2D eigenvalue weighted by Gasteiger charge is -2.22. The van der Waals surface area contributed by atoms with Crippen molar-refractivity contribution in [2.45, 2.75) is 12.5 Å². The van der Waals surface area contributed by atoms with E-state index < -0.39 is 17.5 Å². The predicted molar refractivity (Wildman–Crippen MR) is 94.8 cm³/mol. The van der Waals surface area contributed by atoms with E-state index in [2.05, 4.69) is 16.0 Å². The van der Waals surface area contributed by atoms with Crippen LogP contribution in [0.1, 0.15) is 12.5 Å². The molecule has 8 nitrogen and oxygen atoms in total. The second kappa shape index (κ2) is 8.68. The lowest BCUT2D eigenvalue weighted by atomic mass is 9.92. The van der Waals surface area contributed by atoms with Crippen LogP contribution >= 0.6 is 12.4 Å². The monoisotopic (exact) mass is 370 g/mol. The van der Waals surface area contributed by atoms with E-state index in [-0.39, 0.29) is 24.9 Å². The van der Waals surface area contributed by atoms with Gasteiger partial charge < -0.3 is 20.7 Å². The standard InChI is InChI=1S/C16H22N4O4.ClH/c1-16(11-4-6-12(24-3)7-5-11)14(22)20(15(23)19-16)10-13(21)18-9-8-17-2;/h4-7,17H,8-10H2,1-3H3,(H,18,21)(H,19,23);1H. The first-order valence-electron chi connectivity index (χ1n) is 7.62. The van der Waals surface area contributed by atoms with Gasteiger partial charge in [0.05, 0.1) is 7.11 Å². The average Bonchev–Trinajstić information content (AvgIpc) is 2.79. The molecule has 1 aliphatic heterocycles. The summed E-state index contributed by atoms with van der Waals surface area (Å²) in [5, 5.41) is 8.20. The molecule has 0 aliphatic carbocycles. The highest BCUT2D eigenvalue weighted by Gasteiger charge is 2.49. The maximum absolute atomic E-state index is 12.7. The van der Waals surface area contributed by atoms with Gasteiger partial charge in [-0.2, -0.15) is 0 Å².